The van der Waals surface area contributed by atoms with E-state index in [0.717, 1.165) is 0 Å². The van der Waals surface area contributed by atoms with Gasteiger partial charge >= 0.3 is 0 Å². The molecule has 0 aliphatic carbocycles. The third kappa shape index (κ3) is 4.39. The van der Waals surface area contributed by atoms with E-state index in [2.05, 4.69) is 5.32 Å². The highest BCUT2D eigenvalue weighted by Gasteiger charge is 2.17. The third-order valence-electron chi connectivity index (χ3n) is 2.27. The Bertz CT molecular complexity index is 430. The number of rotatable bonds is 3. The summed E-state index contributed by atoms with van der Waals surface area (Å²) >= 11 is 0. The zero-order valence-electron chi connectivity index (χ0n) is 10.8. The Morgan fingerprint density at radius 3 is 2.29 bits per heavy atom. The predicted molar refractivity (Wildman–Crippen MR) is 69.1 cm³/mol. The van der Waals surface area contributed by atoms with E-state index in [0.29, 0.717) is 17.7 Å². The molecular formula is C14H19NO2. The molecule has 0 heterocycles. The van der Waals surface area contributed by atoms with Crippen LogP contribution >= 0.6 is 0 Å². The van der Waals surface area contributed by atoms with E-state index in [-0.39, 0.29) is 17.1 Å². The van der Waals surface area contributed by atoms with Gasteiger partial charge in [-0.05, 0) is 24.5 Å². The molecule has 0 saturated heterocycles. The first-order valence-electron chi connectivity index (χ1n) is 5.69. The van der Waals surface area contributed by atoms with Crippen LogP contribution < -0.4 is 5.32 Å². The van der Waals surface area contributed by atoms with Gasteiger partial charge in [-0.3, -0.25) is 9.59 Å². The molecule has 0 fully saturated rings. The summed E-state index contributed by atoms with van der Waals surface area (Å²) in [4.78, 5) is 23.2. The third-order valence-corrected chi connectivity index (χ3v) is 2.27. The topological polar surface area (TPSA) is 46.2 Å². The number of carbonyl (C=O) groups is 2. The number of para-hydroxylation sites is 1. The van der Waals surface area contributed by atoms with Crippen LogP contribution in [0.25, 0.3) is 0 Å². The smallest absolute Gasteiger partial charge is 0.224 e. The lowest BCUT2D eigenvalue weighted by Gasteiger charge is -2.18. The van der Waals surface area contributed by atoms with Gasteiger partial charge in [0.2, 0.25) is 5.91 Å². The van der Waals surface area contributed by atoms with Gasteiger partial charge in [-0.15, -0.1) is 0 Å². The fourth-order valence-electron chi connectivity index (χ4n) is 1.58. The molecule has 0 saturated carbocycles. The van der Waals surface area contributed by atoms with Gasteiger partial charge in [0.25, 0.3) is 0 Å². The number of nitrogens with one attached hydrogen (secondary N) is 1. The number of hydrogen-bond acceptors (Lipinski definition) is 2. The second-order valence-corrected chi connectivity index (χ2v) is 5.39. The van der Waals surface area contributed by atoms with Gasteiger partial charge in [-0.1, -0.05) is 32.9 Å². The number of amides is 1. The molecule has 3 nitrogen and oxygen atoms in total. The normalized spacial score (nSPS) is 11.1. The van der Waals surface area contributed by atoms with Gasteiger partial charge in [0.1, 0.15) is 0 Å². The Labute approximate surface area is 102 Å². The molecule has 0 aliphatic heterocycles. The Morgan fingerprint density at radius 2 is 1.76 bits per heavy atom. The number of ketones is 1. The van der Waals surface area contributed by atoms with Gasteiger partial charge in [0.05, 0.1) is 5.69 Å². The van der Waals surface area contributed by atoms with Crippen molar-refractivity contribution < 1.29 is 9.59 Å². The number of Topliss-reactive ketones (excluding diaryl/α,β-unsaturated/α-hetero) is 1. The van der Waals surface area contributed by atoms with Crippen molar-refractivity contribution in [3.05, 3.63) is 29.8 Å². The van der Waals surface area contributed by atoms with Gasteiger partial charge < -0.3 is 5.32 Å². The fraction of sp³-hybridized carbons (Fsp3) is 0.429. The van der Waals surface area contributed by atoms with Crippen LogP contribution in [0.4, 0.5) is 5.69 Å². The van der Waals surface area contributed by atoms with E-state index in [9.17, 15) is 9.59 Å². The van der Waals surface area contributed by atoms with Crippen LogP contribution in [0.15, 0.2) is 24.3 Å². The Balaban J connectivity index is 2.82. The second kappa shape index (κ2) is 5.13. The number of benzene rings is 1. The highest BCUT2D eigenvalue weighted by Crippen LogP contribution is 2.21. The van der Waals surface area contributed by atoms with Crippen molar-refractivity contribution in [3.8, 4) is 0 Å². The van der Waals surface area contributed by atoms with Crippen LogP contribution in [0, 0.1) is 5.41 Å². The summed E-state index contributed by atoms with van der Waals surface area (Å²) in [5.41, 5.74) is 1.08. The van der Waals surface area contributed by atoms with Crippen LogP contribution in [0.2, 0.25) is 0 Å². The lowest BCUT2D eigenvalue weighted by atomic mass is 9.92. The van der Waals surface area contributed by atoms with E-state index in [4.69, 9.17) is 0 Å². The maximum Gasteiger partial charge on any atom is 0.224 e. The summed E-state index contributed by atoms with van der Waals surface area (Å²) in [6, 6.07) is 7.06. The minimum Gasteiger partial charge on any atom is -0.325 e. The molecule has 0 bridgehead atoms. The Morgan fingerprint density at radius 1 is 1.18 bits per heavy atom. The zero-order chi connectivity index (χ0) is 13.1. The summed E-state index contributed by atoms with van der Waals surface area (Å²) in [5, 5.41) is 2.79. The van der Waals surface area contributed by atoms with Crippen LogP contribution in [-0.4, -0.2) is 11.7 Å². The average molecular weight is 233 g/mol. The van der Waals surface area contributed by atoms with E-state index >= 15 is 0 Å². The van der Waals surface area contributed by atoms with Crippen LogP contribution in [0.3, 0.4) is 0 Å². The number of anilines is 1. The van der Waals surface area contributed by atoms with Crippen molar-refractivity contribution >= 4 is 17.4 Å². The number of hydrogen-bond donors (Lipinski definition) is 1. The van der Waals surface area contributed by atoms with Crippen molar-refractivity contribution in [2.45, 2.75) is 34.1 Å². The highest BCUT2D eigenvalue weighted by molar-refractivity contribution is 6.03. The van der Waals surface area contributed by atoms with Crippen molar-refractivity contribution in [1.29, 1.82) is 0 Å². The molecule has 17 heavy (non-hydrogen) atoms. The molecule has 0 unspecified atom stereocenters. The van der Waals surface area contributed by atoms with Crippen molar-refractivity contribution in [1.82, 2.24) is 0 Å². The molecule has 92 valence electrons. The van der Waals surface area contributed by atoms with Gasteiger partial charge in [0, 0.05) is 12.0 Å². The largest absolute Gasteiger partial charge is 0.325 e. The van der Waals surface area contributed by atoms with E-state index in [1.165, 1.54) is 6.92 Å². The summed E-state index contributed by atoms with van der Waals surface area (Å²) in [6.45, 7) is 7.51. The van der Waals surface area contributed by atoms with Crippen molar-refractivity contribution in [3.63, 3.8) is 0 Å². The first kappa shape index (κ1) is 13.4. The van der Waals surface area contributed by atoms with Gasteiger partial charge in [-0.25, -0.2) is 0 Å². The zero-order valence-corrected chi connectivity index (χ0v) is 10.8. The molecule has 0 atom stereocenters. The van der Waals surface area contributed by atoms with Crippen molar-refractivity contribution in [2.24, 2.45) is 5.41 Å². The molecule has 0 aliphatic rings. The lowest BCUT2D eigenvalue weighted by Crippen LogP contribution is -2.20. The van der Waals surface area contributed by atoms with Gasteiger partial charge in [-0.2, -0.15) is 0 Å². The van der Waals surface area contributed by atoms with Crippen molar-refractivity contribution in [2.75, 3.05) is 5.32 Å². The van der Waals surface area contributed by atoms with E-state index < -0.39 is 0 Å². The van der Waals surface area contributed by atoms with Crippen LogP contribution in [0.5, 0.6) is 0 Å². The molecule has 0 aromatic heterocycles. The monoisotopic (exact) mass is 233 g/mol. The second-order valence-electron chi connectivity index (χ2n) is 5.39. The van der Waals surface area contributed by atoms with Crippen LogP contribution in [-0.2, 0) is 4.79 Å². The molecule has 3 heteroatoms. The average Bonchev–Trinajstić information content (AvgIpc) is 2.14. The molecule has 0 spiro atoms. The summed E-state index contributed by atoms with van der Waals surface area (Å²) in [6.07, 6.45) is 0.430. The fourth-order valence-corrected chi connectivity index (χ4v) is 1.58. The Hall–Kier alpha value is -1.64. The lowest BCUT2D eigenvalue weighted by molar-refractivity contribution is -0.117. The predicted octanol–water partition coefficient (Wildman–Crippen LogP) is 3.26. The standard InChI is InChI=1S/C14H19NO2/c1-10(16)11-7-5-6-8-12(11)15-13(17)9-14(2,3)4/h5-8H,9H2,1-4H3,(H,15,17). The highest BCUT2D eigenvalue weighted by atomic mass is 16.1. The summed E-state index contributed by atoms with van der Waals surface area (Å²) in [5.74, 6) is -0.108. The molecule has 1 aromatic rings. The maximum atomic E-state index is 11.8. The van der Waals surface area contributed by atoms with E-state index in [1.54, 1.807) is 24.3 Å². The maximum absolute atomic E-state index is 11.8. The molecule has 1 N–H and O–H groups in total. The quantitative estimate of drug-likeness (QED) is 0.814. The van der Waals surface area contributed by atoms with Crippen LogP contribution in [0.1, 0.15) is 44.5 Å². The molecule has 1 amide bonds. The molecule has 1 rings (SSSR count). The number of carbonyl (C=O) groups excluding carboxylic acids is 2. The first-order valence-corrected chi connectivity index (χ1v) is 5.69. The van der Waals surface area contributed by atoms with E-state index in [1.807, 2.05) is 20.8 Å². The SMILES string of the molecule is CC(=O)c1ccccc1NC(=O)CC(C)(C)C. The van der Waals surface area contributed by atoms with Gasteiger partial charge in [0.15, 0.2) is 5.78 Å². The summed E-state index contributed by atoms with van der Waals surface area (Å²) < 4.78 is 0. The molecule has 0 radical (unpaired) electrons. The molecule has 1 aromatic carbocycles. The first-order chi connectivity index (χ1) is 7.79. The molecular weight excluding hydrogens is 214 g/mol. The minimum atomic E-state index is -0.0637. The summed E-state index contributed by atoms with van der Waals surface area (Å²) in [7, 11) is 0. The minimum absolute atomic E-state index is 0.0448. The Kier molecular flexibility index (Phi) is 4.05.